The highest BCUT2D eigenvalue weighted by atomic mass is 16.5. The van der Waals surface area contributed by atoms with Gasteiger partial charge in [-0.1, -0.05) is 154 Å². The zero-order chi connectivity index (χ0) is 35.0. The van der Waals surface area contributed by atoms with Crippen molar-refractivity contribution in [2.24, 2.45) is 0 Å². The van der Waals surface area contributed by atoms with Crippen molar-refractivity contribution in [2.75, 3.05) is 13.2 Å². The van der Waals surface area contributed by atoms with E-state index < -0.39 is 0 Å². The molecule has 0 saturated heterocycles. The van der Waals surface area contributed by atoms with Gasteiger partial charge in [0.2, 0.25) is 0 Å². The molecular weight excluding hydrogens is 594 g/mol. The van der Waals surface area contributed by atoms with E-state index in [1.165, 1.54) is 141 Å². The first-order chi connectivity index (χ1) is 23.6. The van der Waals surface area contributed by atoms with Crippen LogP contribution in [0.2, 0.25) is 0 Å². The second-order valence-electron chi connectivity index (χ2n) is 13.6. The number of hydrogen-bond donors (Lipinski definition) is 0. The van der Waals surface area contributed by atoms with E-state index in [1.807, 2.05) is 6.07 Å². The van der Waals surface area contributed by atoms with Gasteiger partial charge in [0.1, 0.15) is 13.2 Å². The van der Waals surface area contributed by atoms with Crippen molar-refractivity contribution in [3.05, 3.63) is 36.0 Å². The van der Waals surface area contributed by atoms with Crippen LogP contribution in [0.5, 0.6) is 0 Å². The van der Waals surface area contributed by atoms with Crippen LogP contribution in [0.4, 0.5) is 0 Å². The number of hydrogen-bond acceptors (Lipinski definition) is 5. The van der Waals surface area contributed by atoms with Gasteiger partial charge < -0.3 is 9.47 Å². The average Bonchev–Trinajstić information content (AvgIpc) is 3.09. The third-order valence-electron chi connectivity index (χ3n) is 8.89. The molecule has 0 amide bonds. The Bertz CT molecular complexity index is 853. The highest BCUT2D eigenvalue weighted by molar-refractivity contribution is 5.70. The molecule has 276 valence electrons. The van der Waals surface area contributed by atoms with Gasteiger partial charge >= 0.3 is 11.9 Å². The molecule has 5 nitrogen and oxygen atoms in total. The van der Waals surface area contributed by atoms with Gasteiger partial charge in [0.05, 0.1) is 6.07 Å². The predicted octanol–water partition coefficient (Wildman–Crippen LogP) is 13.4. The maximum atomic E-state index is 12.2. The van der Waals surface area contributed by atoms with E-state index in [4.69, 9.17) is 14.7 Å². The zero-order valence-corrected chi connectivity index (χ0v) is 31.6. The molecule has 0 spiro atoms. The van der Waals surface area contributed by atoms with Gasteiger partial charge in [0, 0.05) is 24.5 Å². The molecule has 0 N–H and O–H groups in total. The Morgan fingerprint density at radius 1 is 0.458 bits per heavy atom. The minimum Gasteiger partial charge on any atom is -0.461 e. The Hall–Kier alpha value is -2.35. The van der Waals surface area contributed by atoms with Crippen LogP contribution in [0.25, 0.3) is 0 Å². The quantitative estimate of drug-likeness (QED) is 0.0287. The van der Waals surface area contributed by atoms with E-state index in [2.05, 4.69) is 38.2 Å². The molecule has 0 rings (SSSR count). The Morgan fingerprint density at radius 2 is 0.750 bits per heavy atom. The minimum absolute atomic E-state index is 0.000333. The van der Waals surface area contributed by atoms with Crippen LogP contribution in [0.1, 0.15) is 206 Å². The molecule has 0 aliphatic heterocycles. The summed E-state index contributed by atoms with van der Waals surface area (Å²) in [6.45, 7) is 4.52. The van der Waals surface area contributed by atoms with E-state index in [0.29, 0.717) is 18.4 Å². The minimum atomic E-state index is -0.261. The summed E-state index contributed by atoms with van der Waals surface area (Å²) in [5.41, 5.74) is 0.515. The van der Waals surface area contributed by atoms with Crippen molar-refractivity contribution in [2.45, 2.75) is 206 Å². The zero-order valence-electron chi connectivity index (χ0n) is 31.6. The molecule has 0 aromatic heterocycles. The number of ether oxygens (including phenoxy) is 2. The summed E-state index contributed by atoms with van der Waals surface area (Å²) in [6, 6.07) is 1.97. The maximum absolute atomic E-state index is 12.2. The normalized spacial score (nSPS) is 11.8. The standard InChI is InChI=1S/C43H75NO4/c1-3-5-7-9-11-13-15-17-19-20-22-24-26-28-30-32-34-36-43(46)48-40-41(37-38-44)39-47-42(45)35-33-31-29-27-25-23-21-18-16-14-12-10-8-6-4-2/h17-19,21,37H,3-16,20,22-36,39-40H2,1-2H3. The highest BCUT2D eigenvalue weighted by Gasteiger charge is 2.09. The van der Waals surface area contributed by atoms with E-state index in [0.717, 1.165) is 44.9 Å². The smallest absolute Gasteiger partial charge is 0.306 e. The molecule has 0 fully saturated rings. The summed E-state index contributed by atoms with van der Waals surface area (Å²) in [7, 11) is 0. The summed E-state index contributed by atoms with van der Waals surface area (Å²) in [5, 5.41) is 9.07. The van der Waals surface area contributed by atoms with Crippen LogP contribution in [0, 0.1) is 11.3 Å². The molecule has 0 aromatic carbocycles. The van der Waals surface area contributed by atoms with Crippen molar-refractivity contribution in [3.63, 3.8) is 0 Å². The van der Waals surface area contributed by atoms with Gasteiger partial charge in [-0.15, -0.1) is 0 Å². The molecule has 5 heteroatoms. The van der Waals surface area contributed by atoms with Crippen LogP contribution >= 0.6 is 0 Å². The van der Waals surface area contributed by atoms with Crippen LogP contribution < -0.4 is 0 Å². The van der Waals surface area contributed by atoms with Crippen LogP contribution in [-0.2, 0) is 19.1 Å². The van der Waals surface area contributed by atoms with Gasteiger partial charge in [-0.2, -0.15) is 5.26 Å². The highest BCUT2D eigenvalue weighted by Crippen LogP contribution is 2.13. The van der Waals surface area contributed by atoms with Gasteiger partial charge in [0.25, 0.3) is 0 Å². The molecular formula is C43H75NO4. The lowest BCUT2D eigenvalue weighted by Gasteiger charge is -2.09. The van der Waals surface area contributed by atoms with Crippen LogP contribution in [0.15, 0.2) is 36.0 Å². The summed E-state index contributed by atoms with van der Waals surface area (Å²) in [6.07, 6.45) is 45.9. The molecule has 0 bridgehead atoms. The lowest BCUT2D eigenvalue weighted by molar-refractivity contribution is -0.144. The number of esters is 2. The maximum Gasteiger partial charge on any atom is 0.306 e. The fourth-order valence-corrected chi connectivity index (χ4v) is 5.74. The van der Waals surface area contributed by atoms with E-state index in [9.17, 15) is 9.59 Å². The van der Waals surface area contributed by atoms with E-state index >= 15 is 0 Å². The van der Waals surface area contributed by atoms with Crippen molar-refractivity contribution in [1.29, 1.82) is 5.26 Å². The fourth-order valence-electron chi connectivity index (χ4n) is 5.74. The third-order valence-corrected chi connectivity index (χ3v) is 8.89. The number of rotatable bonds is 36. The number of nitriles is 1. The molecule has 0 saturated carbocycles. The summed E-state index contributed by atoms with van der Waals surface area (Å²) in [4.78, 5) is 24.3. The lowest BCUT2D eigenvalue weighted by Crippen LogP contribution is -2.13. The first kappa shape index (κ1) is 45.6. The van der Waals surface area contributed by atoms with E-state index in [-0.39, 0.29) is 25.2 Å². The number of allylic oxidation sites excluding steroid dienone is 5. The number of carbonyl (C=O) groups excluding carboxylic acids is 2. The number of carbonyl (C=O) groups is 2. The predicted molar refractivity (Wildman–Crippen MR) is 204 cm³/mol. The van der Waals surface area contributed by atoms with Gasteiger partial charge in [-0.05, 0) is 64.2 Å². The van der Waals surface area contributed by atoms with Gasteiger partial charge in [-0.25, -0.2) is 0 Å². The molecule has 0 aliphatic carbocycles. The Labute approximate surface area is 297 Å². The Balaban J connectivity index is 3.66. The van der Waals surface area contributed by atoms with Crippen molar-refractivity contribution in [3.8, 4) is 6.07 Å². The molecule has 0 aromatic rings. The fraction of sp³-hybridized carbons (Fsp3) is 0.791. The van der Waals surface area contributed by atoms with Crippen molar-refractivity contribution >= 4 is 11.9 Å². The van der Waals surface area contributed by atoms with Crippen molar-refractivity contribution in [1.82, 2.24) is 0 Å². The summed E-state index contributed by atoms with van der Waals surface area (Å²) >= 11 is 0. The number of unbranched alkanes of at least 4 members (excludes halogenated alkanes) is 24. The third kappa shape index (κ3) is 36.5. The Morgan fingerprint density at radius 3 is 1.06 bits per heavy atom. The summed E-state index contributed by atoms with van der Waals surface area (Å²) in [5.74, 6) is -0.519. The largest absolute Gasteiger partial charge is 0.461 e. The second-order valence-corrected chi connectivity index (χ2v) is 13.6. The summed E-state index contributed by atoms with van der Waals surface area (Å²) < 4.78 is 10.7. The molecule has 48 heavy (non-hydrogen) atoms. The molecule has 0 atom stereocenters. The van der Waals surface area contributed by atoms with Gasteiger partial charge in [0.15, 0.2) is 0 Å². The first-order valence-electron chi connectivity index (χ1n) is 20.3. The van der Waals surface area contributed by atoms with Crippen LogP contribution in [-0.4, -0.2) is 25.2 Å². The molecule has 0 unspecified atom stereocenters. The number of nitrogens with zero attached hydrogens (tertiary/aromatic N) is 1. The average molecular weight is 670 g/mol. The SMILES string of the molecule is CCCCCCCCC=CCCCCCCCCCC(=O)OCC(=CC#N)COC(=O)CCCCCCCC=CCCCCCCCC. The molecule has 0 aliphatic rings. The Kier molecular flexibility index (Phi) is 37.2. The lowest BCUT2D eigenvalue weighted by atomic mass is 10.1. The molecule has 0 heterocycles. The second kappa shape index (κ2) is 39.1. The van der Waals surface area contributed by atoms with Gasteiger partial charge in [-0.3, -0.25) is 9.59 Å². The van der Waals surface area contributed by atoms with Crippen molar-refractivity contribution < 1.29 is 19.1 Å². The topological polar surface area (TPSA) is 76.4 Å². The van der Waals surface area contributed by atoms with E-state index in [1.54, 1.807) is 0 Å². The molecule has 0 radical (unpaired) electrons. The van der Waals surface area contributed by atoms with Crippen LogP contribution in [0.3, 0.4) is 0 Å². The monoisotopic (exact) mass is 670 g/mol. The first-order valence-corrected chi connectivity index (χ1v) is 20.3.